The summed E-state index contributed by atoms with van der Waals surface area (Å²) in [6, 6.07) is 3.20. The minimum atomic E-state index is -1.97. The van der Waals surface area contributed by atoms with Gasteiger partial charge in [0.15, 0.2) is 6.10 Å². The molecule has 82 valence electrons. The van der Waals surface area contributed by atoms with E-state index >= 15 is 0 Å². The fraction of sp³-hybridized carbons (Fsp3) is 0.222. The molecular weight excluding hydrogens is 227 g/mol. The van der Waals surface area contributed by atoms with Gasteiger partial charge in [-0.25, -0.2) is 9.18 Å². The number of hydrogen-bond donors (Lipinski definition) is 3. The highest BCUT2D eigenvalue weighted by molar-refractivity contribution is 6.30. The number of carbonyl (C=O) groups is 1. The Labute approximate surface area is 89.5 Å². The highest BCUT2D eigenvalue weighted by atomic mass is 35.5. The zero-order valence-electron chi connectivity index (χ0n) is 7.39. The van der Waals surface area contributed by atoms with Crippen LogP contribution < -0.4 is 0 Å². The first-order valence-electron chi connectivity index (χ1n) is 3.97. The van der Waals surface area contributed by atoms with Gasteiger partial charge < -0.3 is 15.3 Å². The fourth-order valence-corrected chi connectivity index (χ4v) is 1.20. The topological polar surface area (TPSA) is 77.8 Å². The molecule has 0 spiro atoms. The summed E-state index contributed by atoms with van der Waals surface area (Å²) in [4.78, 5) is 10.3. The van der Waals surface area contributed by atoms with E-state index in [9.17, 15) is 14.3 Å². The van der Waals surface area contributed by atoms with Gasteiger partial charge in [-0.3, -0.25) is 0 Å². The SMILES string of the molecule is O=C(O)C(O)C(O)c1ccc(F)c(Cl)c1. The van der Waals surface area contributed by atoms with E-state index in [0.717, 1.165) is 18.2 Å². The molecule has 0 saturated heterocycles. The standard InChI is InChI=1S/C9H8ClFO4/c10-5-3-4(1-2-6(5)11)7(12)8(13)9(14)15/h1-3,7-8,12-13H,(H,14,15). The van der Waals surface area contributed by atoms with Crippen LogP contribution in [-0.4, -0.2) is 27.4 Å². The third-order valence-electron chi connectivity index (χ3n) is 1.84. The predicted octanol–water partition coefficient (Wildman–Crippen LogP) is 0.958. The van der Waals surface area contributed by atoms with Crippen LogP contribution in [0.2, 0.25) is 5.02 Å². The lowest BCUT2D eigenvalue weighted by molar-refractivity contribution is -0.153. The van der Waals surface area contributed by atoms with Crippen molar-refractivity contribution in [2.24, 2.45) is 0 Å². The van der Waals surface area contributed by atoms with Crippen LogP contribution in [0, 0.1) is 5.82 Å². The zero-order valence-corrected chi connectivity index (χ0v) is 8.15. The van der Waals surface area contributed by atoms with Crippen molar-refractivity contribution in [3.63, 3.8) is 0 Å². The van der Waals surface area contributed by atoms with Crippen molar-refractivity contribution in [1.29, 1.82) is 0 Å². The van der Waals surface area contributed by atoms with Crippen LogP contribution in [0.25, 0.3) is 0 Å². The molecule has 15 heavy (non-hydrogen) atoms. The lowest BCUT2D eigenvalue weighted by atomic mass is 10.0. The van der Waals surface area contributed by atoms with E-state index in [-0.39, 0.29) is 10.6 Å². The Morgan fingerprint density at radius 3 is 2.47 bits per heavy atom. The van der Waals surface area contributed by atoms with Crippen molar-refractivity contribution in [3.05, 3.63) is 34.6 Å². The summed E-state index contributed by atoms with van der Waals surface area (Å²) in [5, 5.41) is 26.6. The third kappa shape index (κ3) is 2.65. The van der Waals surface area contributed by atoms with Crippen molar-refractivity contribution >= 4 is 17.6 Å². The van der Waals surface area contributed by atoms with Crippen LogP contribution in [0.4, 0.5) is 4.39 Å². The Morgan fingerprint density at radius 1 is 1.40 bits per heavy atom. The van der Waals surface area contributed by atoms with Gasteiger partial charge >= 0.3 is 5.97 Å². The number of aliphatic carboxylic acids is 1. The number of aliphatic hydroxyl groups is 2. The maximum Gasteiger partial charge on any atom is 0.335 e. The van der Waals surface area contributed by atoms with E-state index in [1.54, 1.807) is 0 Å². The molecule has 1 rings (SSSR count). The number of aliphatic hydroxyl groups excluding tert-OH is 2. The Hall–Kier alpha value is -1.17. The van der Waals surface area contributed by atoms with Gasteiger partial charge in [-0.1, -0.05) is 17.7 Å². The van der Waals surface area contributed by atoms with Crippen LogP contribution in [-0.2, 0) is 4.79 Å². The van der Waals surface area contributed by atoms with Gasteiger partial charge in [0, 0.05) is 0 Å². The van der Waals surface area contributed by atoms with E-state index in [1.165, 1.54) is 0 Å². The van der Waals surface area contributed by atoms with E-state index in [2.05, 4.69) is 0 Å². The van der Waals surface area contributed by atoms with Gasteiger partial charge in [0.2, 0.25) is 0 Å². The molecule has 3 N–H and O–H groups in total. The van der Waals surface area contributed by atoms with Crippen LogP contribution in [0.1, 0.15) is 11.7 Å². The predicted molar refractivity (Wildman–Crippen MR) is 50.0 cm³/mol. The van der Waals surface area contributed by atoms with Gasteiger partial charge in [0.25, 0.3) is 0 Å². The Bertz CT molecular complexity index is 382. The van der Waals surface area contributed by atoms with Gasteiger partial charge in [-0.2, -0.15) is 0 Å². The Kier molecular flexibility index (Phi) is 3.62. The van der Waals surface area contributed by atoms with Crippen LogP contribution in [0.15, 0.2) is 18.2 Å². The van der Waals surface area contributed by atoms with Gasteiger partial charge in [-0.05, 0) is 17.7 Å². The number of benzene rings is 1. The number of hydrogen-bond acceptors (Lipinski definition) is 3. The molecule has 2 atom stereocenters. The smallest absolute Gasteiger partial charge is 0.335 e. The summed E-state index contributed by atoms with van der Waals surface area (Å²) < 4.78 is 12.7. The minimum Gasteiger partial charge on any atom is -0.479 e. The minimum absolute atomic E-state index is 0.0382. The molecule has 0 saturated carbocycles. The Morgan fingerprint density at radius 2 is 2.00 bits per heavy atom. The van der Waals surface area contributed by atoms with E-state index < -0.39 is 24.0 Å². The van der Waals surface area contributed by atoms with Gasteiger partial charge in [-0.15, -0.1) is 0 Å². The molecule has 0 aliphatic carbocycles. The number of carboxylic acids is 1. The molecule has 0 aromatic heterocycles. The molecule has 1 aromatic carbocycles. The van der Waals surface area contributed by atoms with Crippen LogP contribution in [0.5, 0.6) is 0 Å². The molecule has 1 aromatic rings. The zero-order chi connectivity index (χ0) is 11.6. The molecule has 0 aliphatic heterocycles. The van der Waals surface area contributed by atoms with E-state index in [1.807, 2.05) is 0 Å². The van der Waals surface area contributed by atoms with Crippen molar-refractivity contribution in [2.75, 3.05) is 0 Å². The molecule has 0 aliphatic rings. The van der Waals surface area contributed by atoms with Crippen LogP contribution in [0.3, 0.4) is 0 Å². The molecule has 0 heterocycles. The second-order valence-electron chi connectivity index (χ2n) is 2.90. The monoisotopic (exact) mass is 234 g/mol. The summed E-state index contributed by atoms with van der Waals surface area (Å²) in [5.74, 6) is -2.25. The normalized spacial score (nSPS) is 14.7. The lowest BCUT2D eigenvalue weighted by Crippen LogP contribution is -2.27. The summed E-state index contributed by atoms with van der Waals surface area (Å²) in [7, 11) is 0. The first kappa shape index (κ1) is 11.9. The van der Waals surface area contributed by atoms with Crippen molar-refractivity contribution in [3.8, 4) is 0 Å². The quantitative estimate of drug-likeness (QED) is 0.728. The number of halogens is 2. The number of carboxylic acid groups (broad SMARTS) is 1. The summed E-state index contributed by atoms with van der Waals surface area (Å²) in [6.45, 7) is 0. The molecule has 0 radical (unpaired) electrons. The second kappa shape index (κ2) is 4.57. The first-order valence-corrected chi connectivity index (χ1v) is 4.35. The second-order valence-corrected chi connectivity index (χ2v) is 3.31. The van der Waals surface area contributed by atoms with Gasteiger partial charge in [0.05, 0.1) is 5.02 Å². The molecule has 0 bridgehead atoms. The maximum atomic E-state index is 12.7. The highest BCUT2D eigenvalue weighted by Crippen LogP contribution is 2.22. The van der Waals surface area contributed by atoms with Crippen molar-refractivity contribution < 1.29 is 24.5 Å². The largest absolute Gasteiger partial charge is 0.479 e. The molecule has 2 unspecified atom stereocenters. The average Bonchev–Trinajstić information content (AvgIpc) is 2.19. The first-order chi connectivity index (χ1) is 6.93. The molecule has 0 amide bonds. The average molecular weight is 235 g/mol. The summed E-state index contributed by atoms with van der Waals surface area (Å²) in [6.07, 6.45) is -3.60. The summed E-state index contributed by atoms with van der Waals surface area (Å²) in [5.41, 5.74) is 0.0382. The highest BCUT2D eigenvalue weighted by Gasteiger charge is 2.25. The fourth-order valence-electron chi connectivity index (χ4n) is 1.01. The van der Waals surface area contributed by atoms with E-state index in [0.29, 0.717) is 0 Å². The molecule has 0 fully saturated rings. The Balaban J connectivity index is 2.96. The van der Waals surface area contributed by atoms with Crippen molar-refractivity contribution in [2.45, 2.75) is 12.2 Å². The third-order valence-corrected chi connectivity index (χ3v) is 2.13. The molecule has 4 nitrogen and oxygen atoms in total. The molecular formula is C9H8ClFO4. The van der Waals surface area contributed by atoms with Gasteiger partial charge in [0.1, 0.15) is 11.9 Å². The maximum absolute atomic E-state index is 12.7. The van der Waals surface area contributed by atoms with E-state index in [4.69, 9.17) is 21.8 Å². The number of rotatable bonds is 3. The van der Waals surface area contributed by atoms with Crippen LogP contribution >= 0.6 is 11.6 Å². The van der Waals surface area contributed by atoms with Crippen molar-refractivity contribution in [1.82, 2.24) is 0 Å². The summed E-state index contributed by atoms with van der Waals surface area (Å²) >= 11 is 5.43. The molecule has 6 heteroatoms. The lowest BCUT2D eigenvalue weighted by Gasteiger charge is -2.14.